The largest absolute Gasteiger partial charge is 0.483 e. The van der Waals surface area contributed by atoms with Gasteiger partial charge in [0, 0.05) is 56.7 Å². The van der Waals surface area contributed by atoms with Gasteiger partial charge in [-0.05, 0) is 91.4 Å². The van der Waals surface area contributed by atoms with Gasteiger partial charge in [0.05, 0.1) is 12.7 Å². The van der Waals surface area contributed by atoms with E-state index in [0.717, 1.165) is 79.1 Å². The molecule has 0 saturated carbocycles. The molecule has 2 N–H and O–H groups in total. The molecule has 3 aliphatic heterocycles. The zero-order valence-electron chi connectivity index (χ0n) is 25.3. The summed E-state index contributed by atoms with van der Waals surface area (Å²) in [4.78, 5) is 23.5. The predicted octanol–water partition coefficient (Wildman–Crippen LogP) is 5.65. The van der Waals surface area contributed by atoms with Crippen molar-refractivity contribution in [1.82, 2.24) is 25.0 Å². The maximum atomic E-state index is 13.6. The number of carbonyl (C=O) groups is 1. The van der Waals surface area contributed by atoms with Gasteiger partial charge in [-0.3, -0.25) is 14.6 Å². The summed E-state index contributed by atoms with van der Waals surface area (Å²) < 4.78 is 43.9. The summed E-state index contributed by atoms with van der Waals surface area (Å²) in [7, 11) is 1.68. The Morgan fingerprint density at radius 1 is 0.932 bits per heavy atom. The average molecular weight is 608 g/mol. The number of likely N-dealkylation sites (tertiary alicyclic amines) is 1. The molecule has 4 heterocycles. The number of dihydropyridines is 1. The monoisotopic (exact) mass is 607 g/mol. The van der Waals surface area contributed by atoms with E-state index in [9.17, 15) is 18.0 Å². The number of allylic oxidation sites excluding steroid dienone is 2. The van der Waals surface area contributed by atoms with Gasteiger partial charge < -0.3 is 19.9 Å². The molecule has 2 fully saturated rings. The fourth-order valence-corrected chi connectivity index (χ4v) is 6.61. The average Bonchev–Trinajstić information content (AvgIpc) is 3.37. The Bertz CT molecular complexity index is 1540. The Labute approximate surface area is 256 Å². The van der Waals surface area contributed by atoms with E-state index in [2.05, 4.69) is 44.4 Å². The summed E-state index contributed by atoms with van der Waals surface area (Å²) in [6, 6.07) is 11.9. The lowest BCUT2D eigenvalue weighted by Gasteiger charge is -2.34. The Morgan fingerprint density at radius 3 is 2.27 bits per heavy atom. The summed E-state index contributed by atoms with van der Waals surface area (Å²) in [6.07, 6.45) is 2.04. The van der Waals surface area contributed by atoms with Crippen molar-refractivity contribution in [3.63, 3.8) is 0 Å². The molecule has 10 heteroatoms. The highest BCUT2D eigenvalue weighted by molar-refractivity contribution is 6.01. The number of aromatic nitrogens is 1. The van der Waals surface area contributed by atoms with Crippen LogP contribution in [0.25, 0.3) is 10.9 Å². The van der Waals surface area contributed by atoms with Gasteiger partial charge >= 0.3 is 6.18 Å². The second-order valence-corrected chi connectivity index (χ2v) is 12.2. The number of piperidine rings is 1. The first kappa shape index (κ1) is 30.3. The molecule has 2 aromatic carbocycles. The van der Waals surface area contributed by atoms with Gasteiger partial charge in [0.2, 0.25) is 0 Å². The van der Waals surface area contributed by atoms with Crippen molar-refractivity contribution in [3.8, 4) is 0 Å². The second-order valence-electron chi connectivity index (χ2n) is 12.2. The van der Waals surface area contributed by atoms with E-state index in [0.29, 0.717) is 44.3 Å². The standard InChI is InChI=1S/C34H40F3N5O2/c1-23-29-19-27(26-11-13-40(14-12-26)22-25-5-10-31(44-2)38-20-25)6-9-30(29)39-32(23)33(43)42-17-15-41(16-18-42)21-24-3-7-28(8-4-24)34(35,36)37/h3-10,19,26,38-39H,11-18,20-22H2,1-2H3. The number of hydrogen-bond acceptors (Lipinski definition) is 5. The van der Waals surface area contributed by atoms with Crippen LogP contribution in [0.1, 0.15) is 51.5 Å². The number of benzene rings is 2. The Balaban J connectivity index is 1.04. The van der Waals surface area contributed by atoms with Crippen LogP contribution in [0, 0.1) is 6.92 Å². The first-order valence-corrected chi connectivity index (χ1v) is 15.4. The van der Waals surface area contributed by atoms with Gasteiger partial charge in [-0.2, -0.15) is 13.2 Å². The van der Waals surface area contributed by atoms with Crippen molar-refractivity contribution in [2.24, 2.45) is 0 Å². The highest BCUT2D eigenvalue weighted by Crippen LogP contribution is 2.33. The maximum absolute atomic E-state index is 13.6. The number of piperazine rings is 1. The van der Waals surface area contributed by atoms with Crippen LogP contribution in [-0.4, -0.2) is 85.1 Å². The number of rotatable bonds is 7. The number of ether oxygens (including phenoxy) is 1. The molecule has 1 amide bonds. The Hall–Kier alpha value is -3.76. The number of carbonyl (C=O) groups excluding carboxylic acids is 1. The molecular weight excluding hydrogens is 567 g/mol. The number of amides is 1. The van der Waals surface area contributed by atoms with Gasteiger partial charge in [0.25, 0.3) is 5.91 Å². The van der Waals surface area contributed by atoms with Crippen LogP contribution in [0.5, 0.6) is 0 Å². The summed E-state index contributed by atoms with van der Waals surface area (Å²) in [5, 5.41) is 4.40. The van der Waals surface area contributed by atoms with Crippen LogP contribution < -0.4 is 5.32 Å². The zero-order valence-corrected chi connectivity index (χ0v) is 25.3. The third-order valence-electron chi connectivity index (χ3n) is 9.31. The van der Waals surface area contributed by atoms with Crippen molar-refractivity contribution in [2.45, 2.75) is 38.4 Å². The fraction of sp³-hybridized carbons (Fsp3) is 0.441. The van der Waals surface area contributed by atoms with Crippen LogP contribution in [0.2, 0.25) is 0 Å². The second kappa shape index (κ2) is 12.7. The minimum absolute atomic E-state index is 0.00158. The van der Waals surface area contributed by atoms with E-state index in [1.807, 2.05) is 17.9 Å². The molecule has 0 spiro atoms. The van der Waals surface area contributed by atoms with Crippen molar-refractivity contribution >= 4 is 16.8 Å². The number of nitrogens with zero attached hydrogens (tertiary/aromatic N) is 3. The van der Waals surface area contributed by atoms with Crippen LogP contribution in [-0.2, 0) is 17.5 Å². The van der Waals surface area contributed by atoms with Crippen LogP contribution in [0.15, 0.2) is 66.1 Å². The van der Waals surface area contributed by atoms with Crippen molar-refractivity contribution in [1.29, 1.82) is 0 Å². The normalized spacial score (nSPS) is 19.1. The van der Waals surface area contributed by atoms with Crippen LogP contribution in [0.4, 0.5) is 13.2 Å². The number of alkyl halides is 3. The first-order valence-electron chi connectivity index (χ1n) is 15.4. The van der Waals surface area contributed by atoms with Gasteiger partial charge in [-0.25, -0.2) is 0 Å². The topological polar surface area (TPSA) is 63.8 Å². The molecule has 7 nitrogen and oxygen atoms in total. The van der Waals surface area contributed by atoms with Gasteiger partial charge in [0.15, 0.2) is 5.88 Å². The fourth-order valence-electron chi connectivity index (χ4n) is 6.61. The first-order chi connectivity index (χ1) is 21.2. The molecule has 0 atom stereocenters. The summed E-state index contributed by atoms with van der Waals surface area (Å²) in [6.45, 7) is 9.00. The van der Waals surface area contributed by atoms with Gasteiger partial charge in [-0.1, -0.05) is 24.3 Å². The number of H-pyrrole nitrogens is 1. The van der Waals surface area contributed by atoms with Gasteiger partial charge in [-0.15, -0.1) is 0 Å². The maximum Gasteiger partial charge on any atom is 0.416 e. The van der Waals surface area contributed by atoms with Crippen LogP contribution in [0.3, 0.4) is 0 Å². The van der Waals surface area contributed by atoms with E-state index >= 15 is 0 Å². The number of aromatic amines is 1. The van der Waals surface area contributed by atoms with E-state index in [1.54, 1.807) is 7.11 Å². The number of fused-ring (bicyclic) bond motifs is 1. The van der Waals surface area contributed by atoms with Crippen LogP contribution >= 0.6 is 0 Å². The van der Waals surface area contributed by atoms with Crippen molar-refractivity contribution < 1.29 is 22.7 Å². The third kappa shape index (κ3) is 6.66. The Kier molecular flexibility index (Phi) is 8.73. The summed E-state index contributed by atoms with van der Waals surface area (Å²) >= 11 is 0. The molecule has 0 radical (unpaired) electrons. The molecule has 6 rings (SSSR count). The zero-order chi connectivity index (χ0) is 30.8. The van der Waals surface area contributed by atoms with Gasteiger partial charge in [0.1, 0.15) is 5.69 Å². The smallest absolute Gasteiger partial charge is 0.416 e. The SMILES string of the molecule is COC1=CC=C(CN2CCC(c3ccc4[nH]c(C(=O)N5CCN(Cc6ccc(C(F)(F)F)cc6)CC5)c(C)c4c3)CC2)CN1. The molecule has 3 aromatic rings. The lowest BCUT2D eigenvalue weighted by Crippen LogP contribution is -2.48. The molecule has 0 aliphatic carbocycles. The molecule has 3 aliphatic rings. The number of aryl methyl sites for hydroxylation is 1. The summed E-state index contributed by atoms with van der Waals surface area (Å²) in [5.74, 6) is 1.31. The lowest BCUT2D eigenvalue weighted by molar-refractivity contribution is -0.137. The van der Waals surface area contributed by atoms with E-state index < -0.39 is 11.7 Å². The molecule has 2 saturated heterocycles. The summed E-state index contributed by atoms with van der Waals surface area (Å²) in [5.41, 5.74) is 5.51. The number of nitrogens with one attached hydrogen (secondary N) is 2. The number of methoxy groups -OCH3 is 1. The molecular formula is C34H40F3N5O2. The predicted molar refractivity (Wildman–Crippen MR) is 165 cm³/mol. The minimum atomic E-state index is -4.33. The Morgan fingerprint density at radius 2 is 1.64 bits per heavy atom. The quantitative estimate of drug-likeness (QED) is 0.364. The van der Waals surface area contributed by atoms with E-state index in [-0.39, 0.29) is 5.91 Å². The molecule has 0 unspecified atom stereocenters. The third-order valence-corrected chi connectivity index (χ3v) is 9.31. The minimum Gasteiger partial charge on any atom is -0.483 e. The molecule has 0 bridgehead atoms. The lowest BCUT2D eigenvalue weighted by atomic mass is 9.88. The highest BCUT2D eigenvalue weighted by atomic mass is 19.4. The number of hydrogen-bond donors (Lipinski definition) is 2. The molecule has 44 heavy (non-hydrogen) atoms. The van der Waals surface area contributed by atoms with E-state index in [4.69, 9.17) is 4.74 Å². The van der Waals surface area contributed by atoms with Crippen molar-refractivity contribution in [3.05, 3.63) is 94.0 Å². The molecule has 234 valence electrons. The number of halogens is 3. The molecule has 1 aromatic heterocycles. The van der Waals surface area contributed by atoms with E-state index in [1.165, 1.54) is 23.3 Å². The van der Waals surface area contributed by atoms with Crippen molar-refractivity contribution in [2.75, 3.05) is 59.5 Å². The highest BCUT2D eigenvalue weighted by Gasteiger charge is 2.30.